The molecule has 0 saturated carbocycles. The van der Waals surface area contributed by atoms with Crippen LogP contribution in [0.1, 0.15) is 25.0 Å². The molecular formula is C13H20N4O. The quantitative estimate of drug-likeness (QED) is 0.848. The van der Waals surface area contributed by atoms with Crippen molar-refractivity contribution < 1.29 is 4.74 Å². The summed E-state index contributed by atoms with van der Waals surface area (Å²) in [5, 5.41) is 0. The summed E-state index contributed by atoms with van der Waals surface area (Å²) >= 11 is 0. The van der Waals surface area contributed by atoms with Gasteiger partial charge in [-0.1, -0.05) is 0 Å². The number of hydrogen-bond acceptors (Lipinski definition) is 5. The normalized spacial score (nSPS) is 23.6. The van der Waals surface area contributed by atoms with Crippen LogP contribution in [0.25, 0.3) is 0 Å². The maximum atomic E-state index is 5.61. The molecule has 1 aromatic heterocycles. The molecule has 2 fully saturated rings. The van der Waals surface area contributed by atoms with Crippen LogP contribution in [0.3, 0.4) is 0 Å². The van der Waals surface area contributed by atoms with Crippen molar-refractivity contribution in [2.24, 2.45) is 5.41 Å². The lowest BCUT2D eigenvalue weighted by molar-refractivity contribution is 0.0190. The summed E-state index contributed by atoms with van der Waals surface area (Å²) in [4.78, 5) is 10.7. The first kappa shape index (κ1) is 11.9. The average molecular weight is 248 g/mol. The lowest BCUT2D eigenvalue weighted by Gasteiger charge is -2.33. The molecule has 5 heteroatoms. The average Bonchev–Trinajstić information content (AvgIpc) is 2.73. The lowest BCUT2D eigenvalue weighted by Crippen LogP contribution is -2.33. The minimum atomic E-state index is 0.368. The Hall–Kier alpha value is -1.20. The maximum absolute atomic E-state index is 5.61. The van der Waals surface area contributed by atoms with Crippen LogP contribution in [0.5, 0.6) is 0 Å². The van der Waals surface area contributed by atoms with Gasteiger partial charge in [0, 0.05) is 32.5 Å². The molecule has 0 unspecified atom stereocenters. The third kappa shape index (κ3) is 2.47. The fourth-order valence-corrected chi connectivity index (χ4v) is 3.11. The van der Waals surface area contributed by atoms with Crippen LogP contribution in [0, 0.1) is 5.41 Å². The fourth-order valence-electron chi connectivity index (χ4n) is 3.11. The number of nitrogen functional groups attached to an aromatic ring is 1. The van der Waals surface area contributed by atoms with Gasteiger partial charge in [0.25, 0.3) is 0 Å². The van der Waals surface area contributed by atoms with Crippen molar-refractivity contribution in [1.29, 1.82) is 0 Å². The molecule has 98 valence electrons. The van der Waals surface area contributed by atoms with Gasteiger partial charge >= 0.3 is 0 Å². The van der Waals surface area contributed by atoms with E-state index in [1.807, 2.05) is 6.07 Å². The van der Waals surface area contributed by atoms with E-state index in [4.69, 9.17) is 10.5 Å². The van der Waals surface area contributed by atoms with Crippen LogP contribution >= 0.6 is 0 Å². The van der Waals surface area contributed by atoms with E-state index in [-0.39, 0.29) is 0 Å². The zero-order valence-electron chi connectivity index (χ0n) is 10.6. The Balaban J connectivity index is 1.62. The molecule has 1 spiro atoms. The zero-order chi connectivity index (χ0) is 12.4. The SMILES string of the molecule is Nc1nccc(CN2CCC3(CCOCC3)C2)n1. The van der Waals surface area contributed by atoms with Gasteiger partial charge in [-0.2, -0.15) is 0 Å². The third-order valence-electron chi connectivity index (χ3n) is 4.19. The number of nitrogens with zero attached hydrogens (tertiary/aromatic N) is 3. The molecule has 0 radical (unpaired) electrons. The minimum Gasteiger partial charge on any atom is -0.381 e. The van der Waals surface area contributed by atoms with Crippen molar-refractivity contribution >= 4 is 5.95 Å². The van der Waals surface area contributed by atoms with E-state index in [0.29, 0.717) is 11.4 Å². The molecule has 0 amide bonds. The molecule has 5 nitrogen and oxygen atoms in total. The minimum absolute atomic E-state index is 0.368. The largest absolute Gasteiger partial charge is 0.381 e. The Labute approximate surface area is 107 Å². The Morgan fingerprint density at radius 3 is 2.94 bits per heavy atom. The zero-order valence-corrected chi connectivity index (χ0v) is 10.6. The van der Waals surface area contributed by atoms with E-state index < -0.39 is 0 Å². The van der Waals surface area contributed by atoms with Crippen molar-refractivity contribution in [3.05, 3.63) is 18.0 Å². The van der Waals surface area contributed by atoms with E-state index >= 15 is 0 Å². The summed E-state index contributed by atoms with van der Waals surface area (Å²) in [6.07, 6.45) is 5.43. The molecule has 2 aliphatic heterocycles. The highest BCUT2D eigenvalue weighted by molar-refractivity contribution is 5.17. The maximum Gasteiger partial charge on any atom is 0.220 e. The van der Waals surface area contributed by atoms with Crippen LogP contribution in [-0.2, 0) is 11.3 Å². The van der Waals surface area contributed by atoms with Crippen LogP contribution < -0.4 is 5.73 Å². The van der Waals surface area contributed by atoms with Gasteiger partial charge in [-0.05, 0) is 37.3 Å². The number of hydrogen-bond donors (Lipinski definition) is 1. The van der Waals surface area contributed by atoms with Crippen LogP contribution in [-0.4, -0.2) is 41.2 Å². The molecule has 18 heavy (non-hydrogen) atoms. The van der Waals surface area contributed by atoms with Crippen LogP contribution in [0.2, 0.25) is 0 Å². The second-order valence-corrected chi connectivity index (χ2v) is 5.48. The summed E-state index contributed by atoms with van der Waals surface area (Å²) in [7, 11) is 0. The molecule has 2 saturated heterocycles. The standard InChI is InChI=1S/C13H20N4O/c14-12-15-5-1-11(16-12)9-17-6-2-13(10-17)3-7-18-8-4-13/h1,5H,2-4,6-10H2,(H2,14,15,16). The van der Waals surface area contributed by atoms with E-state index in [1.54, 1.807) is 6.20 Å². The predicted octanol–water partition coefficient (Wildman–Crippen LogP) is 1.06. The van der Waals surface area contributed by atoms with Gasteiger partial charge in [-0.3, -0.25) is 4.90 Å². The Bertz CT molecular complexity index is 417. The molecule has 0 aromatic carbocycles. The van der Waals surface area contributed by atoms with E-state index in [2.05, 4.69) is 14.9 Å². The summed E-state index contributed by atoms with van der Waals surface area (Å²) in [5.41, 5.74) is 7.13. The molecule has 3 heterocycles. The van der Waals surface area contributed by atoms with Gasteiger partial charge in [-0.25, -0.2) is 9.97 Å². The highest BCUT2D eigenvalue weighted by Gasteiger charge is 2.39. The summed E-state index contributed by atoms with van der Waals surface area (Å²) in [5.74, 6) is 0.368. The van der Waals surface area contributed by atoms with Crippen LogP contribution in [0.4, 0.5) is 5.95 Å². The van der Waals surface area contributed by atoms with Crippen molar-refractivity contribution in [3.63, 3.8) is 0 Å². The first-order chi connectivity index (χ1) is 8.76. The fraction of sp³-hybridized carbons (Fsp3) is 0.692. The third-order valence-corrected chi connectivity index (χ3v) is 4.19. The van der Waals surface area contributed by atoms with Gasteiger partial charge in [0.15, 0.2) is 0 Å². The van der Waals surface area contributed by atoms with E-state index in [1.165, 1.54) is 25.8 Å². The highest BCUT2D eigenvalue weighted by Crippen LogP contribution is 2.39. The van der Waals surface area contributed by atoms with Gasteiger partial charge in [-0.15, -0.1) is 0 Å². The molecule has 2 N–H and O–H groups in total. The predicted molar refractivity (Wildman–Crippen MR) is 68.8 cm³/mol. The summed E-state index contributed by atoms with van der Waals surface area (Å²) < 4.78 is 5.47. The highest BCUT2D eigenvalue weighted by atomic mass is 16.5. The van der Waals surface area contributed by atoms with Crippen molar-refractivity contribution in [3.8, 4) is 0 Å². The molecule has 0 atom stereocenters. The number of anilines is 1. The first-order valence-electron chi connectivity index (χ1n) is 6.63. The second-order valence-electron chi connectivity index (χ2n) is 5.48. The Kier molecular flexibility index (Phi) is 3.18. The molecule has 0 bridgehead atoms. The second kappa shape index (κ2) is 4.82. The van der Waals surface area contributed by atoms with Crippen molar-refractivity contribution in [2.45, 2.75) is 25.8 Å². The van der Waals surface area contributed by atoms with Gasteiger partial charge in [0.2, 0.25) is 5.95 Å². The van der Waals surface area contributed by atoms with E-state index in [9.17, 15) is 0 Å². The van der Waals surface area contributed by atoms with Gasteiger partial charge in [0.1, 0.15) is 0 Å². The number of ether oxygens (including phenoxy) is 1. The van der Waals surface area contributed by atoms with Gasteiger partial charge in [0.05, 0.1) is 5.69 Å². The summed E-state index contributed by atoms with van der Waals surface area (Å²) in [6.45, 7) is 5.06. The molecular weight excluding hydrogens is 228 g/mol. The lowest BCUT2D eigenvalue weighted by atomic mass is 9.80. The van der Waals surface area contributed by atoms with Crippen molar-refractivity contribution in [1.82, 2.24) is 14.9 Å². The molecule has 0 aliphatic carbocycles. The number of likely N-dealkylation sites (tertiary alicyclic amines) is 1. The molecule has 2 aliphatic rings. The van der Waals surface area contributed by atoms with Crippen molar-refractivity contribution in [2.75, 3.05) is 32.0 Å². The smallest absolute Gasteiger partial charge is 0.220 e. The number of aromatic nitrogens is 2. The first-order valence-corrected chi connectivity index (χ1v) is 6.63. The number of nitrogens with two attached hydrogens (primary N) is 1. The Morgan fingerprint density at radius 2 is 2.17 bits per heavy atom. The molecule has 1 aromatic rings. The number of rotatable bonds is 2. The topological polar surface area (TPSA) is 64.3 Å². The van der Waals surface area contributed by atoms with E-state index in [0.717, 1.165) is 32.0 Å². The summed E-state index contributed by atoms with van der Waals surface area (Å²) in [6, 6.07) is 1.95. The van der Waals surface area contributed by atoms with Gasteiger partial charge < -0.3 is 10.5 Å². The Morgan fingerprint density at radius 1 is 1.33 bits per heavy atom. The van der Waals surface area contributed by atoms with Crippen LogP contribution in [0.15, 0.2) is 12.3 Å². The molecule has 3 rings (SSSR count). The monoisotopic (exact) mass is 248 g/mol.